The Kier molecular flexibility index (Phi) is 57.3. The van der Waals surface area contributed by atoms with E-state index in [-0.39, 0.29) is 200 Å². The molecule has 2 saturated carbocycles. The average Bonchev–Trinajstić information content (AvgIpc) is 1.07. The van der Waals surface area contributed by atoms with Gasteiger partial charge in [-0.25, -0.2) is 24.9 Å². The van der Waals surface area contributed by atoms with E-state index in [1.54, 1.807) is 66.2 Å². The third-order valence-electron chi connectivity index (χ3n) is 25.8. The molecule has 37 heteroatoms. The number of pyridine rings is 5. The standard InChI is InChI=1S/C21H25N5O.C19H21N5O.2C18H21N5O.C17H20N6O.7C2H6.B.5Y/c1-22-20-23-11-17-15-5-4-14(10-16(15)19(27)24-18(17)25-20)12-26-9-8-21(13-26)6-2-3-7-21;1-20-19-21-8-16-14-5-3-12(7-15(14)18(25)22-17(16)23-19)10-24-9-11-2-4-13(24)6-11;2*1-19-18-20-10-15-13-6-5-12(11-23-7-3-2-4-8-23)9-14(13)17(24)21-16(15)22-18;1-18-17-20-9-14-12-3-2-11(10-23-6-4-19-5-7-23)8-13(12)16(24)21-15(14)22-17;7*1-2;;;;;;/h4-5,10-11H,2-3,6-9,12-13H2,1H3,(H2,22,23,24,25,27);3,5,7-8,11,13H,2,4,6,9-10H2,1H3,(H2,20,21,22,23,25);2*5-6,9-10H,2-4,7-8,11H2,1H3,(H2,19,20,21,22,24);2-3,8-9,19H,4-7,10H2,1H3,(H2,18,20,21,22,24);7*1-2H3;;;;;;/p-5. The zero-order valence-electron chi connectivity index (χ0n) is 88.4. The molecule has 0 amide bonds. The summed E-state index contributed by atoms with van der Waals surface area (Å²) in [5.41, 5.74) is 7.49. The second-order valence-corrected chi connectivity index (χ2v) is 34.0. The fourth-order valence-electron chi connectivity index (χ4n) is 19.4. The van der Waals surface area contributed by atoms with Crippen molar-refractivity contribution in [3.05, 3.63) is 202 Å². The van der Waals surface area contributed by atoms with E-state index in [9.17, 15) is 24.0 Å². The topological polar surface area (TPSA) is 373 Å². The van der Waals surface area contributed by atoms with Crippen molar-refractivity contribution < 1.29 is 164 Å². The van der Waals surface area contributed by atoms with Crippen LogP contribution in [0.3, 0.4) is 0 Å². The minimum absolute atomic E-state index is 0. The first kappa shape index (κ1) is 128. The first-order valence-electron chi connectivity index (χ1n) is 50.7. The van der Waals surface area contributed by atoms with Gasteiger partial charge in [-0.3, -0.25) is 48.5 Å². The predicted octanol–water partition coefficient (Wildman–Crippen LogP) is 16.6. The van der Waals surface area contributed by atoms with Crippen LogP contribution in [0.5, 0.6) is 0 Å². The molecule has 5 saturated heterocycles. The number of nitrogens with one attached hydrogen (secondary N) is 6. The van der Waals surface area contributed by atoms with E-state index in [4.69, 9.17) is 0 Å². The van der Waals surface area contributed by atoms with Crippen LogP contribution in [0.4, 0.5) is 29.7 Å². The molecule has 144 heavy (non-hydrogen) atoms. The molecule has 2 unspecified atom stereocenters. The summed E-state index contributed by atoms with van der Waals surface area (Å²) in [4.78, 5) is 138. The van der Waals surface area contributed by atoms with Crippen molar-refractivity contribution >= 4 is 147 Å². The van der Waals surface area contributed by atoms with Crippen LogP contribution in [0.1, 0.15) is 215 Å². The summed E-state index contributed by atoms with van der Waals surface area (Å²) < 4.78 is 0. The van der Waals surface area contributed by atoms with Crippen molar-refractivity contribution in [2.45, 2.75) is 226 Å². The maximum absolute atomic E-state index is 12.6. The van der Waals surface area contributed by atoms with Crippen LogP contribution in [0, 0.1) is 11.3 Å². The Hall–Kier alpha value is -6.81. The molecule has 7 fully saturated rings. The Bertz CT molecular complexity index is 6480. The van der Waals surface area contributed by atoms with E-state index >= 15 is 0 Å². The molecule has 2 atom stereocenters. The summed E-state index contributed by atoms with van der Waals surface area (Å²) in [5, 5.41) is 29.4. The average molecular weight is 2330 g/mol. The second-order valence-electron chi connectivity index (χ2n) is 34.0. The van der Waals surface area contributed by atoms with Crippen molar-refractivity contribution in [1.82, 2.24) is 105 Å². The number of fused-ring (bicyclic) bond motifs is 17. The normalized spacial score (nSPS) is 15.9. The Morgan fingerprint density at radius 2 is 0.576 bits per heavy atom. The Morgan fingerprint density at radius 3 is 0.833 bits per heavy atom. The quantitative estimate of drug-likeness (QED) is 0.0410. The van der Waals surface area contributed by atoms with Gasteiger partial charge in [0.2, 0.25) is 0 Å². The number of aromatic nitrogens is 15. The number of hydrogen-bond donors (Lipinski definition) is 6. The summed E-state index contributed by atoms with van der Waals surface area (Å²) in [5.74, 6) is 3.22. The number of piperazine rings is 1. The molecule has 1 spiro atoms. The van der Waals surface area contributed by atoms with Gasteiger partial charge in [0.15, 0.2) is 27.8 Å². The molecule has 31 nitrogen and oxygen atoms in total. The predicted molar refractivity (Wildman–Crippen MR) is 575 cm³/mol. The van der Waals surface area contributed by atoms with Crippen molar-refractivity contribution in [3.63, 3.8) is 0 Å². The van der Waals surface area contributed by atoms with E-state index in [1.807, 2.05) is 158 Å². The number of anilines is 5. The Balaban J connectivity index is 0.000000304. The van der Waals surface area contributed by atoms with Crippen LogP contribution in [-0.4, -0.2) is 196 Å². The maximum Gasteiger partial charge on any atom is 0.178 e. The van der Waals surface area contributed by atoms with Crippen LogP contribution in [0.2, 0.25) is 0 Å². The third kappa shape index (κ3) is 32.4. The SMILES string of the molecule is CC.CC.CC.CC.CC.CC.CC.CNc1ncc2c(n1)[n-]c(=O)c1cc(CN3CC4CCC3C4)ccc12.CNc1ncc2c(n1)[n-]c(=O)c1cc(CN3CCC4(CCCC4)C3)ccc12.CNc1ncc2c(n1)[n-]c(=O)c1cc(CN3CCCCC3)ccc12.CNc1ncc2c(n1)[n-]c(=O)c1cc(CN3CCCCC3)ccc12.CNc1ncc2c(n1)[n-]c(=O)c1cc(CN3CCNCC3)ccc12.[B].[Y].[Y].[Y].[Y].[Y]. The van der Waals surface area contributed by atoms with Gasteiger partial charge in [0.1, 0.15) is 29.7 Å². The van der Waals surface area contributed by atoms with Crippen LogP contribution < -0.4 is 84.6 Å². The smallest absolute Gasteiger partial charge is 0.178 e. The summed E-state index contributed by atoms with van der Waals surface area (Å²) in [7, 11) is 8.72. The van der Waals surface area contributed by atoms with Gasteiger partial charge in [-0.05, 0) is 249 Å². The first-order chi connectivity index (χ1) is 67.6. The molecule has 5 aliphatic heterocycles. The summed E-state index contributed by atoms with van der Waals surface area (Å²) in [6, 6.07) is 31.2. The second kappa shape index (κ2) is 64.7. The summed E-state index contributed by atoms with van der Waals surface area (Å²) >= 11 is 0. The fourth-order valence-corrected chi connectivity index (χ4v) is 19.4. The molecule has 756 valence electrons. The van der Waals surface area contributed by atoms with Crippen molar-refractivity contribution in [3.8, 4) is 0 Å². The fraction of sp³-hybridized carbons (Fsp3) is 0.486. The largest absolute Gasteiger partial charge is 0.405 e. The molecule has 10 aromatic heterocycles. The minimum atomic E-state index is -0.236. The van der Waals surface area contributed by atoms with Crippen molar-refractivity contribution in [2.75, 3.05) is 134 Å². The monoisotopic (exact) mass is 2330 g/mol. The molecular weight excluding hydrogens is 2180 g/mol. The van der Waals surface area contributed by atoms with Gasteiger partial charge in [-0.2, -0.15) is 0 Å². The minimum Gasteiger partial charge on any atom is -0.405 e. The van der Waals surface area contributed by atoms with E-state index in [1.165, 1.54) is 121 Å². The number of rotatable bonds is 15. The molecule has 6 N–H and O–H groups in total. The van der Waals surface area contributed by atoms with E-state index < -0.39 is 0 Å². The van der Waals surface area contributed by atoms with Gasteiger partial charge >= 0.3 is 0 Å². The Labute approximate surface area is 976 Å². The van der Waals surface area contributed by atoms with Crippen LogP contribution in [0.25, 0.3) is 109 Å². The van der Waals surface area contributed by atoms with Gasteiger partial charge in [-0.15, -0.1) is 0 Å². The number of piperidine rings is 3. The number of likely N-dealkylation sites (tertiary alicyclic amines) is 4. The maximum atomic E-state index is 12.6. The van der Waals surface area contributed by atoms with E-state index in [2.05, 4.69) is 161 Å². The summed E-state index contributed by atoms with van der Waals surface area (Å²) in [6.45, 7) is 44.7. The van der Waals surface area contributed by atoms with Gasteiger partial charge < -0.3 is 81.7 Å². The van der Waals surface area contributed by atoms with Gasteiger partial charge in [-0.1, -0.05) is 183 Å². The molecule has 2 bridgehead atoms. The number of hydrogen-bond acceptors (Lipinski definition) is 26. The van der Waals surface area contributed by atoms with Crippen LogP contribution in [0.15, 0.2) is 146 Å². The van der Waals surface area contributed by atoms with E-state index in [0.29, 0.717) is 90.3 Å². The molecule has 22 rings (SSSR count). The summed E-state index contributed by atoms with van der Waals surface area (Å²) in [6.07, 6.45) is 27.3. The molecule has 5 aromatic carbocycles. The third-order valence-corrected chi connectivity index (χ3v) is 25.8. The molecule has 15 heterocycles. The molecular formula is C107H145BN26O5Y5-5. The Morgan fingerprint density at radius 1 is 0.312 bits per heavy atom. The van der Waals surface area contributed by atoms with Crippen molar-refractivity contribution in [2.24, 2.45) is 11.3 Å². The van der Waals surface area contributed by atoms with E-state index in [0.717, 1.165) is 168 Å². The van der Waals surface area contributed by atoms with Gasteiger partial charge in [0.25, 0.3) is 0 Å². The van der Waals surface area contributed by atoms with Crippen LogP contribution in [-0.2, 0) is 196 Å². The molecule has 2 aliphatic carbocycles. The number of benzene rings is 5. The van der Waals surface area contributed by atoms with Crippen LogP contribution >= 0.6 is 0 Å². The van der Waals surface area contributed by atoms with Gasteiger partial charge in [0, 0.05) is 343 Å². The van der Waals surface area contributed by atoms with Gasteiger partial charge in [0.05, 0.1) is 0 Å². The molecule has 15 aromatic rings. The number of nitrogens with zero attached hydrogens (tertiary/aromatic N) is 20. The molecule has 7 aliphatic rings. The first-order valence-corrected chi connectivity index (χ1v) is 50.7. The van der Waals surface area contributed by atoms with Crippen molar-refractivity contribution in [1.29, 1.82) is 0 Å². The zero-order chi connectivity index (χ0) is 99.0. The zero-order valence-corrected chi connectivity index (χ0v) is 103. The molecule has 8 radical (unpaired) electrons.